The summed E-state index contributed by atoms with van der Waals surface area (Å²) < 4.78 is 11.1. The number of nitrogens with one attached hydrogen (secondary N) is 1. The molecule has 1 heterocycles. The van der Waals surface area contributed by atoms with E-state index in [9.17, 15) is 0 Å². The van der Waals surface area contributed by atoms with E-state index in [0.717, 1.165) is 45.6 Å². The summed E-state index contributed by atoms with van der Waals surface area (Å²) in [5.74, 6) is 0. The first kappa shape index (κ1) is 13.7. The second kappa shape index (κ2) is 7.05. The molecule has 1 N–H and O–H groups in total. The minimum Gasteiger partial charge on any atom is -0.380 e. The lowest BCUT2D eigenvalue weighted by molar-refractivity contribution is -0.0633. The van der Waals surface area contributed by atoms with Crippen LogP contribution in [0, 0.1) is 0 Å². The number of hydrogen-bond donors (Lipinski definition) is 1. The van der Waals surface area contributed by atoms with Crippen LogP contribution < -0.4 is 5.32 Å². The van der Waals surface area contributed by atoms with Crippen molar-refractivity contribution < 1.29 is 9.47 Å². The van der Waals surface area contributed by atoms with Gasteiger partial charge in [-0.1, -0.05) is 6.08 Å². The molecule has 0 aromatic carbocycles. The summed E-state index contributed by atoms with van der Waals surface area (Å²) in [4.78, 5) is 0. The van der Waals surface area contributed by atoms with Gasteiger partial charge in [-0.25, -0.2) is 0 Å². The fourth-order valence-electron chi connectivity index (χ4n) is 2.01. The second-order valence-corrected chi connectivity index (χ2v) is 4.94. The highest BCUT2D eigenvalue weighted by Crippen LogP contribution is 2.23. The molecule has 3 heteroatoms. The largest absolute Gasteiger partial charge is 0.380 e. The lowest BCUT2D eigenvalue weighted by Crippen LogP contribution is -2.44. The summed E-state index contributed by atoms with van der Waals surface area (Å²) in [7, 11) is 0. The maximum atomic E-state index is 5.67. The van der Waals surface area contributed by atoms with Gasteiger partial charge in [0, 0.05) is 19.2 Å². The van der Waals surface area contributed by atoms with Crippen molar-refractivity contribution in [1.82, 2.24) is 5.32 Å². The standard InChI is InChI=1S/C13H25NO2/c1-4-5-8-15-10-7-14-12-6-9-16-13(2,3)11-12/h4,12,14H,1,5-11H2,2-3H3. The van der Waals surface area contributed by atoms with Crippen LogP contribution in [0.5, 0.6) is 0 Å². The molecule has 1 aliphatic heterocycles. The zero-order valence-electron chi connectivity index (χ0n) is 10.6. The Hall–Kier alpha value is -0.380. The Morgan fingerprint density at radius 3 is 3.00 bits per heavy atom. The molecule has 0 aromatic heterocycles. The molecule has 0 aromatic rings. The van der Waals surface area contributed by atoms with Gasteiger partial charge in [-0.3, -0.25) is 0 Å². The highest BCUT2D eigenvalue weighted by Gasteiger charge is 2.28. The Balaban J connectivity index is 2.02. The van der Waals surface area contributed by atoms with Crippen LogP contribution >= 0.6 is 0 Å². The summed E-state index contributed by atoms with van der Waals surface area (Å²) in [6.07, 6.45) is 5.01. The van der Waals surface area contributed by atoms with E-state index in [1.54, 1.807) is 0 Å². The van der Waals surface area contributed by atoms with E-state index in [4.69, 9.17) is 9.47 Å². The van der Waals surface area contributed by atoms with E-state index >= 15 is 0 Å². The van der Waals surface area contributed by atoms with Gasteiger partial charge in [-0.05, 0) is 33.1 Å². The van der Waals surface area contributed by atoms with Gasteiger partial charge < -0.3 is 14.8 Å². The molecule has 1 atom stereocenters. The third-order valence-corrected chi connectivity index (χ3v) is 2.84. The van der Waals surface area contributed by atoms with Gasteiger partial charge in [-0.15, -0.1) is 6.58 Å². The highest BCUT2D eigenvalue weighted by molar-refractivity contribution is 4.82. The molecule has 0 aliphatic carbocycles. The van der Waals surface area contributed by atoms with Gasteiger partial charge in [0.25, 0.3) is 0 Å². The summed E-state index contributed by atoms with van der Waals surface area (Å²) >= 11 is 0. The summed E-state index contributed by atoms with van der Waals surface area (Å²) in [5, 5.41) is 3.52. The molecular weight excluding hydrogens is 202 g/mol. The molecule has 16 heavy (non-hydrogen) atoms. The Morgan fingerprint density at radius 2 is 2.31 bits per heavy atom. The first-order chi connectivity index (χ1) is 7.64. The molecule has 0 amide bonds. The molecule has 1 aliphatic rings. The van der Waals surface area contributed by atoms with Gasteiger partial charge in [0.1, 0.15) is 0 Å². The molecule has 94 valence electrons. The van der Waals surface area contributed by atoms with E-state index in [2.05, 4.69) is 25.7 Å². The summed E-state index contributed by atoms with van der Waals surface area (Å²) in [5.41, 5.74) is 0.0274. The van der Waals surface area contributed by atoms with Crippen LogP contribution in [0.3, 0.4) is 0 Å². The molecule has 1 unspecified atom stereocenters. The van der Waals surface area contributed by atoms with Gasteiger partial charge >= 0.3 is 0 Å². The van der Waals surface area contributed by atoms with Crippen LogP contribution in [0.15, 0.2) is 12.7 Å². The van der Waals surface area contributed by atoms with Crippen LogP contribution in [-0.4, -0.2) is 38.0 Å². The lowest BCUT2D eigenvalue weighted by Gasteiger charge is -2.35. The molecule has 0 radical (unpaired) electrons. The highest BCUT2D eigenvalue weighted by atomic mass is 16.5. The zero-order chi connectivity index (χ0) is 11.9. The van der Waals surface area contributed by atoms with Crippen molar-refractivity contribution in [3.63, 3.8) is 0 Å². The average molecular weight is 227 g/mol. The van der Waals surface area contributed by atoms with Crippen LogP contribution in [0.1, 0.15) is 33.1 Å². The first-order valence-electron chi connectivity index (χ1n) is 6.20. The molecule has 1 fully saturated rings. The fraction of sp³-hybridized carbons (Fsp3) is 0.846. The lowest BCUT2D eigenvalue weighted by atomic mass is 9.94. The van der Waals surface area contributed by atoms with E-state index in [-0.39, 0.29) is 5.60 Å². The smallest absolute Gasteiger partial charge is 0.0641 e. The van der Waals surface area contributed by atoms with Gasteiger partial charge in [0.15, 0.2) is 0 Å². The number of rotatable bonds is 7. The van der Waals surface area contributed by atoms with Crippen molar-refractivity contribution in [3.05, 3.63) is 12.7 Å². The van der Waals surface area contributed by atoms with E-state index in [0.29, 0.717) is 6.04 Å². The third-order valence-electron chi connectivity index (χ3n) is 2.84. The van der Waals surface area contributed by atoms with Crippen molar-refractivity contribution in [2.45, 2.75) is 44.8 Å². The monoisotopic (exact) mass is 227 g/mol. The van der Waals surface area contributed by atoms with E-state index in [1.165, 1.54) is 0 Å². The second-order valence-electron chi connectivity index (χ2n) is 4.94. The number of ether oxygens (including phenoxy) is 2. The predicted octanol–water partition coefficient (Wildman–Crippen LogP) is 2.13. The Morgan fingerprint density at radius 1 is 1.50 bits per heavy atom. The van der Waals surface area contributed by atoms with Crippen molar-refractivity contribution >= 4 is 0 Å². The van der Waals surface area contributed by atoms with Crippen LogP contribution in [-0.2, 0) is 9.47 Å². The maximum Gasteiger partial charge on any atom is 0.0641 e. The first-order valence-corrected chi connectivity index (χ1v) is 6.20. The normalized spacial score (nSPS) is 24.2. The van der Waals surface area contributed by atoms with Gasteiger partial charge in [0.05, 0.1) is 18.8 Å². The topological polar surface area (TPSA) is 30.5 Å². The minimum atomic E-state index is 0.0274. The van der Waals surface area contributed by atoms with Gasteiger partial charge in [-0.2, -0.15) is 0 Å². The number of hydrogen-bond acceptors (Lipinski definition) is 3. The molecular formula is C13H25NO2. The van der Waals surface area contributed by atoms with Gasteiger partial charge in [0.2, 0.25) is 0 Å². The van der Waals surface area contributed by atoms with Crippen molar-refractivity contribution in [2.75, 3.05) is 26.4 Å². The average Bonchev–Trinajstić information content (AvgIpc) is 2.22. The van der Waals surface area contributed by atoms with Crippen LogP contribution in [0.4, 0.5) is 0 Å². The molecule has 3 nitrogen and oxygen atoms in total. The predicted molar refractivity (Wildman–Crippen MR) is 66.7 cm³/mol. The molecule has 0 saturated carbocycles. The Bertz CT molecular complexity index is 204. The fourth-order valence-corrected chi connectivity index (χ4v) is 2.01. The van der Waals surface area contributed by atoms with Crippen LogP contribution in [0.2, 0.25) is 0 Å². The van der Waals surface area contributed by atoms with Crippen molar-refractivity contribution in [1.29, 1.82) is 0 Å². The molecule has 0 bridgehead atoms. The van der Waals surface area contributed by atoms with E-state index < -0.39 is 0 Å². The van der Waals surface area contributed by atoms with Crippen LogP contribution in [0.25, 0.3) is 0 Å². The zero-order valence-corrected chi connectivity index (χ0v) is 10.6. The van der Waals surface area contributed by atoms with Crippen molar-refractivity contribution in [2.24, 2.45) is 0 Å². The molecule has 0 spiro atoms. The summed E-state index contributed by atoms with van der Waals surface area (Å²) in [6, 6.07) is 0.576. The van der Waals surface area contributed by atoms with E-state index in [1.807, 2.05) is 6.08 Å². The minimum absolute atomic E-state index is 0.0274. The quantitative estimate of drug-likeness (QED) is 0.534. The van der Waals surface area contributed by atoms with Crippen molar-refractivity contribution in [3.8, 4) is 0 Å². The maximum absolute atomic E-state index is 5.67. The summed E-state index contributed by atoms with van der Waals surface area (Å²) in [6.45, 7) is 11.3. The Kier molecular flexibility index (Phi) is 6.03. The third kappa shape index (κ3) is 5.64. The molecule has 1 rings (SSSR count). The molecule has 1 saturated heterocycles. The Labute approximate surface area is 99.2 Å². The SMILES string of the molecule is C=CCCOCCNC1CCOC(C)(C)C1.